The van der Waals surface area contributed by atoms with E-state index >= 15 is 0 Å². The van der Waals surface area contributed by atoms with Gasteiger partial charge in [0.25, 0.3) is 0 Å². The Labute approximate surface area is 174 Å². The van der Waals surface area contributed by atoms with Crippen molar-refractivity contribution in [2.24, 2.45) is 0 Å². The van der Waals surface area contributed by atoms with Crippen molar-refractivity contribution in [1.29, 1.82) is 0 Å². The average Bonchev–Trinajstić information content (AvgIpc) is 2.88. The summed E-state index contributed by atoms with van der Waals surface area (Å²) in [7, 11) is 0. The van der Waals surface area contributed by atoms with E-state index in [1.165, 1.54) is 0 Å². The number of anilines is 2. The predicted molar refractivity (Wildman–Crippen MR) is 118 cm³/mol. The SMILES string of the molecule is Cc1nn(Cc2ccccc2Cl)c(C)c1NC(=S)Nc1cccc(Cl)c1C. The average molecular weight is 419 g/mol. The van der Waals surface area contributed by atoms with E-state index in [9.17, 15) is 0 Å². The van der Waals surface area contributed by atoms with Gasteiger partial charge in [0.1, 0.15) is 0 Å². The smallest absolute Gasteiger partial charge is 0.175 e. The lowest BCUT2D eigenvalue weighted by atomic mass is 10.2. The number of aromatic nitrogens is 2. The van der Waals surface area contributed by atoms with Gasteiger partial charge in [-0.3, -0.25) is 4.68 Å². The monoisotopic (exact) mass is 418 g/mol. The second-order valence-corrected chi connectivity index (χ2v) is 7.51. The molecule has 0 fully saturated rings. The van der Waals surface area contributed by atoms with Crippen molar-refractivity contribution >= 4 is 51.9 Å². The number of hydrogen-bond acceptors (Lipinski definition) is 2. The molecule has 1 heterocycles. The van der Waals surface area contributed by atoms with Crippen LogP contribution in [0, 0.1) is 20.8 Å². The van der Waals surface area contributed by atoms with Gasteiger partial charge >= 0.3 is 0 Å². The summed E-state index contributed by atoms with van der Waals surface area (Å²) in [5, 5.41) is 13.0. The molecule has 0 radical (unpaired) electrons. The van der Waals surface area contributed by atoms with Crippen molar-refractivity contribution in [3.05, 3.63) is 75.0 Å². The van der Waals surface area contributed by atoms with Crippen LogP contribution in [-0.2, 0) is 6.54 Å². The molecule has 0 atom stereocenters. The normalized spacial score (nSPS) is 10.7. The van der Waals surface area contributed by atoms with E-state index in [2.05, 4.69) is 15.7 Å². The lowest BCUT2D eigenvalue weighted by Crippen LogP contribution is -2.20. The minimum absolute atomic E-state index is 0.490. The summed E-state index contributed by atoms with van der Waals surface area (Å²) >= 11 is 17.9. The van der Waals surface area contributed by atoms with Crippen LogP contribution in [0.25, 0.3) is 0 Å². The fourth-order valence-corrected chi connectivity index (χ4v) is 3.41. The molecule has 4 nitrogen and oxygen atoms in total. The highest BCUT2D eigenvalue weighted by molar-refractivity contribution is 7.80. The Morgan fingerprint density at radius 1 is 1.00 bits per heavy atom. The Kier molecular flexibility index (Phi) is 6.05. The summed E-state index contributed by atoms with van der Waals surface area (Å²) in [6, 6.07) is 13.5. The van der Waals surface area contributed by atoms with Gasteiger partial charge in [0.05, 0.1) is 23.6 Å². The van der Waals surface area contributed by atoms with Crippen molar-refractivity contribution in [3.63, 3.8) is 0 Å². The van der Waals surface area contributed by atoms with Crippen molar-refractivity contribution in [1.82, 2.24) is 9.78 Å². The molecule has 2 N–H and O–H groups in total. The number of benzene rings is 2. The summed E-state index contributed by atoms with van der Waals surface area (Å²) in [6.45, 7) is 6.51. The molecule has 2 aromatic carbocycles. The summed E-state index contributed by atoms with van der Waals surface area (Å²) in [5.41, 5.74) is 5.58. The lowest BCUT2D eigenvalue weighted by molar-refractivity contribution is 0.659. The minimum atomic E-state index is 0.490. The first-order valence-electron chi connectivity index (χ1n) is 8.47. The third kappa shape index (κ3) is 4.43. The molecule has 0 bridgehead atoms. The van der Waals surface area contributed by atoms with E-state index < -0.39 is 0 Å². The predicted octanol–water partition coefficient (Wildman–Crippen LogP) is 5.97. The molecule has 0 amide bonds. The Bertz CT molecular complexity index is 998. The van der Waals surface area contributed by atoms with E-state index in [0.717, 1.165) is 38.9 Å². The van der Waals surface area contributed by atoms with Crippen LogP contribution in [0.2, 0.25) is 10.0 Å². The Balaban J connectivity index is 1.77. The van der Waals surface area contributed by atoms with E-state index in [1.807, 2.05) is 67.9 Å². The van der Waals surface area contributed by atoms with Crippen LogP contribution in [0.1, 0.15) is 22.5 Å². The van der Waals surface area contributed by atoms with Crippen LogP contribution in [0.5, 0.6) is 0 Å². The molecule has 0 spiro atoms. The van der Waals surface area contributed by atoms with Gasteiger partial charge in [-0.15, -0.1) is 0 Å². The largest absolute Gasteiger partial charge is 0.332 e. The van der Waals surface area contributed by atoms with Gasteiger partial charge < -0.3 is 10.6 Å². The number of aryl methyl sites for hydroxylation is 1. The fraction of sp³-hybridized carbons (Fsp3) is 0.200. The maximum Gasteiger partial charge on any atom is 0.175 e. The molecule has 0 saturated carbocycles. The molecule has 3 aromatic rings. The van der Waals surface area contributed by atoms with Crippen LogP contribution in [-0.4, -0.2) is 14.9 Å². The zero-order valence-corrected chi connectivity index (χ0v) is 17.6. The molecule has 0 saturated heterocycles. The summed E-state index contributed by atoms with van der Waals surface area (Å²) < 4.78 is 1.92. The van der Waals surface area contributed by atoms with Crippen LogP contribution in [0.3, 0.4) is 0 Å². The molecule has 0 aliphatic rings. The summed E-state index contributed by atoms with van der Waals surface area (Å²) in [4.78, 5) is 0. The first kappa shape index (κ1) is 19.7. The van der Waals surface area contributed by atoms with Crippen molar-refractivity contribution < 1.29 is 0 Å². The third-order valence-electron chi connectivity index (χ3n) is 4.41. The molecule has 7 heteroatoms. The minimum Gasteiger partial charge on any atom is -0.332 e. The van der Waals surface area contributed by atoms with Gasteiger partial charge in [0.15, 0.2) is 5.11 Å². The number of nitrogens with one attached hydrogen (secondary N) is 2. The second kappa shape index (κ2) is 8.30. The topological polar surface area (TPSA) is 41.9 Å². The number of thiocarbonyl (C=S) groups is 1. The summed E-state index contributed by atoms with van der Waals surface area (Å²) in [5.74, 6) is 0. The lowest BCUT2D eigenvalue weighted by Gasteiger charge is -2.13. The van der Waals surface area contributed by atoms with Gasteiger partial charge in [-0.05, 0) is 62.3 Å². The highest BCUT2D eigenvalue weighted by Gasteiger charge is 2.14. The van der Waals surface area contributed by atoms with Crippen molar-refractivity contribution in [2.75, 3.05) is 10.6 Å². The van der Waals surface area contributed by atoms with E-state index in [-0.39, 0.29) is 0 Å². The van der Waals surface area contributed by atoms with Crippen LogP contribution >= 0.6 is 35.4 Å². The zero-order chi connectivity index (χ0) is 19.6. The first-order valence-corrected chi connectivity index (χ1v) is 9.63. The number of hydrogen-bond donors (Lipinski definition) is 2. The van der Waals surface area contributed by atoms with Gasteiger partial charge in [-0.25, -0.2) is 0 Å². The molecule has 0 aliphatic heterocycles. The Morgan fingerprint density at radius 2 is 1.70 bits per heavy atom. The van der Waals surface area contributed by atoms with E-state index in [1.54, 1.807) is 0 Å². The number of nitrogens with zero attached hydrogens (tertiary/aromatic N) is 2. The van der Waals surface area contributed by atoms with Gasteiger partial charge in [-0.2, -0.15) is 5.10 Å². The van der Waals surface area contributed by atoms with Crippen molar-refractivity contribution in [3.8, 4) is 0 Å². The maximum absolute atomic E-state index is 6.28. The molecule has 1 aromatic heterocycles. The molecule has 3 rings (SSSR count). The molecular formula is C20H20Cl2N4S. The van der Waals surface area contributed by atoms with Gasteiger partial charge in [-0.1, -0.05) is 47.5 Å². The highest BCUT2D eigenvalue weighted by Crippen LogP contribution is 2.25. The Morgan fingerprint density at radius 3 is 2.44 bits per heavy atom. The van der Waals surface area contributed by atoms with E-state index in [4.69, 9.17) is 35.4 Å². The Hall–Kier alpha value is -2.08. The standard InChI is InChI=1S/C20H20Cl2N4S/c1-12-16(21)9-6-10-18(12)23-20(27)24-19-13(2)25-26(14(19)3)11-15-7-4-5-8-17(15)22/h4-10H,11H2,1-3H3,(H2,23,24,27). The highest BCUT2D eigenvalue weighted by atomic mass is 35.5. The quantitative estimate of drug-likeness (QED) is 0.511. The summed E-state index contributed by atoms with van der Waals surface area (Å²) in [6.07, 6.45) is 0. The second-order valence-electron chi connectivity index (χ2n) is 6.29. The first-order chi connectivity index (χ1) is 12.9. The molecule has 0 aliphatic carbocycles. The maximum atomic E-state index is 6.28. The van der Waals surface area contributed by atoms with Crippen molar-refractivity contribution in [2.45, 2.75) is 27.3 Å². The van der Waals surface area contributed by atoms with Gasteiger partial charge in [0, 0.05) is 15.7 Å². The third-order valence-corrected chi connectivity index (χ3v) is 5.40. The zero-order valence-electron chi connectivity index (χ0n) is 15.3. The van der Waals surface area contributed by atoms with Crippen LogP contribution < -0.4 is 10.6 Å². The van der Waals surface area contributed by atoms with E-state index in [0.29, 0.717) is 16.7 Å². The molecule has 27 heavy (non-hydrogen) atoms. The molecular weight excluding hydrogens is 399 g/mol. The number of rotatable bonds is 4. The molecule has 0 unspecified atom stereocenters. The van der Waals surface area contributed by atoms with Crippen LogP contribution in [0.4, 0.5) is 11.4 Å². The molecule has 140 valence electrons. The number of halogens is 2. The van der Waals surface area contributed by atoms with Crippen LogP contribution in [0.15, 0.2) is 42.5 Å². The van der Waals surface area contributed by atoms with Gasteiger partial charge in [0.2, 0.25) is 0 Å². The fourth-order valence-electron chi connectivity index (χ4n) is 2.83.